The van der Waals surface area contributed by atoms with Gasteiger partial charge in [0.2, 0.25) is 5.16 Å². The molecule has 3 rings (SSSR count). The zero-order chi connectivity index (χ0) is 20.1. The Kier molecular flexibility index (Phi) is 5.98. The topological polar surface area (TPSA) is 75.2 Å². The van der Waals surface area contributed by atoms with Crippen LogP contribution >= 0.6 is 11.8 Å². The van der Waals surface area contributed by atoms with E-state index in [0.29, 0.717) is 16.7 Å². The lowest BCUT2D eigenvalue weighted by molar-refractivity contribution is -0.153. The lowest BCUT2D eigenvalue weighted by atomic mass is 10.2. The number of nitrogen functional groups attached to an aromatic ring is 1. The van der Waals surface area contributed by atoms with Crippen molar-refractivity contribution in [1.29, 1.82) is 0 Å². The van der Waals surface area contributed by atoms with Crippen LogP contribution in [0.3, 0.4) is 0 Å². The van der Waals surface area contributed by atoms with E-state index in [1.54, 1.807) is 31.4 Å². The maximum absolute atomic E-state index is 12.2. The molecular weight excluding hydrogens is 393 g/mol. The molecule has 0 fully saturated rings. The zero-order valence-corrected chi connectivity index (χ0v) is 15.6. The van der Waals surface area contributed by atoms with E-state index in [0.717, 1.165) is 16.9 Å². The van der Waals surface area contributed by atoms with Gasteiger partial charge in [0.05, 0.1) is 7.11 Å². The number of nitrogens with zero attached hydrogens (tertiary/aromatic N) is 3. The molecule has 2 aromatic carbocycles. The second kappa shape index (κ2) is 8.42. The first-order valence-corrected chi connectivity index (χ1v) is 9.10. The minimum absolute atomic E-state index is 0.162. The predicted molar refractivity (Wildman–Crippen MR) is 99.7 cm³/mol. The van der Waals surface area contributed by atoms with Crippen molar-refractivity contribution in [2.75, 3.05) is 19.6 Å². The highest BCUT2D eigenvalue weighted by Gasteiger charge is 2.28. The SMILES string of the molecule is COc1ccc(-c2nnc(SCc3ccc(OCC(F)(F)F)cc3)n2N)cc1. The third-order valence-corrected chi connectivity index (χ3v) is 4.72. The monoisotopic (exact) mass is 410 g/mol. The van der Waals surface area contributed by atoms with Crippen molar-refractivity contribution in [2.45, 2.75) is 17.1 Å². The summed E-state index contributed by atoms with van der Waals surface area (Å²) in [7, 11) is 1.59. The number of halogens is 3. The van der Waals surface area contributed by atoms with Gasteiger partial charge in [-0.05, 0) is 42.0 Å². The number of hydrogen-bond acceptors (Lipinski definition) is 6. The lowest BCUT2D eigenvalue weighted by Crippen LogP contribution is -2.19. The zero-order valence-electron chi connectivity index (χ0n) is 14.8. The van der Waals surface area contributed by atoms with Gasteiger partial charge in [0.15, 0.2) is 12.4 Å². The molecule has 0 aliphatic rings. The highest BCUT2D eigenvalue weighted by atomic mass is 32.2. The molecule has 0 saturated heterocycles. The molecule has 0 saturated carbocycles. The molecule has 0 radical (unpaired) electrons. The average molecular weight is 410 g/mol. The molecule has 2 N–H and O–H groups in total. The van der Waals surface area contributed by atoms with Gasteiger partial charge >= 0.3 is 6.18 Å². The summed E-state index contributed by atoms with van der Waals surface area (Å²) >= 11 is 1.37. The molecule has 148 valence electrons. The number of ether oxygens (including phenoxy) is 2. The summed E-state index contributed by atoms with van der Waals surface area (Å²) in [6, 6.07) is 13.7. The maximum Gasteiger partial charge on any atom is 0.422 e. The number of rotatable bonds is 7. The Balaban J connectivity index is 1.61. The van der Waals surface area contributed by atoms with E-state index in [1.165, 1.54) is 28.6 Å². The van der Waals surface area contributed by atoms with Gasteiger partial charge in [0.25, 0.3) is 0 Å². The summed E-state index contributed by atoms with van der Waals surface area (Å²) in [4.78, 5) is 0. The number of methoxy groups -OCH3 is 1. The second-order valence-corrected chi connectivity index (χ2v) is 6.68. The molecule has 0 spiro atoms. The Morgan fingerprint density at radius 3 is 2.25 bits per heavy atom. The quantitative estimate of drug-likeness (QED) is 0.470. The van der Waals surface area contributed by atoms with Crippen molar-refractivity contribution >= 4 is 11.8 Å². The number of hydrogen-bond donors (Lipinski definition) is 1. The number of nitrogens with two attached hydrogens (primary N) is 1. The molecule has 10 heteroatoms. The fourth-order valence-corrected chi connectivity index (χ4v) is 3.12. The van der Waals surface area contributed by atoms with Gasteiger partial charge in [-0.25, -0.2) is 4.68 Å². The summed E-state index contributed by atoms with van der Waals surface area (Å²) in [6.45, 7) is -1.31. The molecule has 0 unspecified atom stereocenters. The number of benzene rings is 2. The standard InChI is InChI=1S/C18H17F3N4O2S/c1-26-14-8-4-13(5-9-14)16-23-24-17(25(16)22)28-10-12-2-6-15(7-3-12)27-11-18(19,20)21/h2-9H,10-11,22H2,1H3. The van der Waals surface area contributed by atoms with Gasteiger partial charge in [-0.15, -0.1) is 10.2 Å². The predicted octanol–water partition coefficient (Wildman–Crippen LogP) is 3.90. The van der Waals surface area contributed by atoms with Crippen LogP contribution < -0.4 is 15.3 Å². The fraction of sp³-hybridized carbons (Fsp3) is 0.222. The maximum atomic E-state index is 12.2. The Bertz CT molecular complexity index is 912. The highest BCUT2D eigenvalue weighted by molar-refractivity contribution is 7.98. The van der Waals surface area contributed by atoms with Crippen LogP contribution in [0.1, 0.15) is 5.56 Å². The molecule has 0 aliphatic carbocycles. The van der Waals surface area contributed by atoms with E-state index in [2.05, 4.69) is 14.9 Å². The van der Waals surface area contributed by atoms with E-state index in [-0.39, 0.29) is 5.75 Å². The van der Waals surface area contributed by atoms with Crippen LogP contribution in [0.25, 0.3) is 11.4 Å². The minimum Gasteiger partial charge on any atom is -0.497 e. The van der Waals surface area contributed by atoms with E-state index in [4.69, 9.17) is 10.6 Å². The van der Waals surface area contributed by atoms with Crippen molar-refractivity contribution in [1.82, 2.24) is 14.9 Å². The molecule has 6 nitrogen and oxygen atoms in total. The van der Waals surface area contributed by atoms with Gasteiger partial charge < -0.3 is 15.3 Å². The lowest BCUT2D eigenvalue weighted by Gasteiger charge is -2.09. The average Bonchev–Trinajstić information content (AvgIpc) is 3.05. The van der Waals surface area contributed by atoms with Crippen molar-refractivity contribution in [3.05, 3.63) is 54.1 Å². The van der Waals surface area contributed by atoms with Crippen LogP contribution in [-0.2, 0) is 5.75 Å². The number of alkyl halides is 3. The Labute approximate surface area is 163 Å². The first-order valence-electron chi connectivity index (χ1n) is 8.12. The van der Waals surface area contributed by atoms with Crippen LogP contribution in [0.2, 0.25) is 0 Å². The second-order valence-electron chi connectivity index (χ2n) is 5.74. The largest absolute Gasteiger partial charge is 0.497 e. The van der Waals surface area contributed by atoms with Crippen LogP contribution in [0.15, 0.2) is 53.7 Å². The van der Waals surface area contributed by atoms with Gasteiger partial charge in [0, 0.05) is 11.3 Å². The van der Waals surface area contributed by atoms with Gasteiger partial charge in [-0.3, -0.25) is 0 Å². The van der Waals surface area contributed by atoms with Crippen molar-refractivity contribution in [2.24, 2.45) is 0 Å². The molecule has 0 amide bonds. The third kappa shape index (κ3) is 5.10. The van der Waals surface area contributed by atoms with Crippen LogP contribution in [0.5, 0.6) is 11.5 Å². The summed E-state index contributed by atoms with van der Waals surface area (Å²) in [5.74, 6) is 8.02. The van der Waals surface area contributed by atoms with Crippen molar-refractivity contribution in [3.63, 3.8) is 0 Å². The number of aromatic nitrogens is 3. The van der Waals surface area contributed by atoms with Gasteiger partial charge in [0.1, 0.15) is 11.5 Å². The fourth-order valence-electron chi connectivity index (χ4n) is 2.31. The third-order valence-electron chi connectivity index (χ3n) is 3.71. The van der Waals surface area contributed by atoms with Crippen molar-refractivity contribution in [3.8, 4) is 22.9 Å². The molecule has 0 bridgehead atoms. The van der Waals surface area contributed by atoms with Crippen LogP contribution in [0.4, 0.5) is 13.2 Å². The first-order chi connectivity index (χ1) is 13.4. The molecule has 0 aliphatic heterocycles. The van der Waals surface area contributed by atoms with E-state index < -0.39 is 12.8 Å². The van der Waals surface area contributed by atoms with Gasteiger partial charge in [-0.2, -0.15) is 13.2 Å². The summed E-state index contributed by atoms with van der Waals surface area (Å²) in [5.41, 5.74) is 1.69. The smallest absolute Gasteiger partial charge is 0.422 e. The molecular formula is C18H17F3N4O2S. The molecule has 1 heterocycles. The Morgan fingerprint density at radius 2 is 1.64 bits per heavy atom. The molecule has 3 aromatic rings. The normalized spacial score (nSPS) is 11.4. The summed E-state index contributed by atoms with van der Waals surface area (Å²) in [6.07, 6.45) is -4.36. The Morgan fingerprint density at radius 1 is 1.00 bits per heavy atom. The Hall–Kier alpha value is -2.88. The van der Waals surface area contributed by atoms with E-state index in [1.807, 2.05) is 12.1 Å². The highest BCUT2D eigenvalue weighted by Crippen LogP contribution is 2.26. The van der Waals surface area contributed by atoms with E-state index in [9.17, 15) is 13.2 Å². The van der Waals surface area contributed by atoms with Crippen LogP contribution in [0, 0.1) is 0 Å². The summed E-state index contributed by atoms with van der Waals surface area (Å²) < 4.78 is 47.7. The first kappa shape index (κ1) is 19.9. The summed E-state index contributed by atoms with van der Waals surface area (Å²) in [5, 5.41) is 8.73. The minimum atomic E-state index is -4.36. The molecule has 28 heavy (non-hydrogen) atoms. The van der Waals surface area contributed by atoms with Crippen LogP contribution in [-0.4, -0.2) is 34.8 Å². The van der Waals surface area contributed by atoms with Gasteiger partial charge in [-0.1, -0.05) is 23.9 Å². The molecule has 1 aromatic heterocycles. The van der Waals surface area contributed by atoms with E-state index >= 15 is 0 Å². The number of thioether (sulfide) groups is 1. The molecule has 0 atom stereocenters. The van der Waals surface area contributed by atoms with Crippen molar-refractivity contribution < 1.29 is 22.6 Å².